The van der Waals surface area contributed by atoms with Crippen molar-refractivity contribution in [3.05, 3.63) is 24.2 Å². The fourth-order valence-electron chi connectivity index (χ4n) is 4.48. The minimum absolute atomic E-state index is 0.0413. The summed E-state index contributed by atoms with van der Waals surface area (Å²) in [5.41, 5.74) is 0. The van der Waals surface area contributed by atoms with Gasteiger partial charge >= 0.3 is 0 Å². The average molecular weight is 344 g/mol. The summed E-state index contributed by atoms with van der Waals surface area (Å²) in [5.74, 6) is 1.52. The molecule has 3 atom stereocenters. The molecule has 2 aliphatic carbocycles. The molecule has 0 spiro atoms. The second-order valence-corrected chi connectivity index (χ2v) is 7.93. The summed E-state index contributed by atoms with van der Waals surface area (Å²) in [5, 5.41) is 3.23. The number of hydrogen-bond acceptors (Lipinski definition) is 3. The average Bonchev–Trinajstić information content (AvgIpc) is 3.26. The van der Waals surface area contributed by atoms with Crippen LogP contribution in [-0.4, -0.2) is 35.8 Å². The van der Waals surface area contributed by atoms with E-state index in [1.165, 1.54) is 19.3 Å². The molecular formula is C20H28N2O3. The quantitative estimate of drug-likeness (QED) is 0.913. The Labute approximate surface area is 149 Å². The van der Waals surface area contributed by atoms with Crippen LogP contribution in [0.5, 0.6) is 0 Å². The number of carbonyl (C=O) groups is 2. The van der Waals surface area contributed by atoms with Crippen LogP contribution in [0.4, 0.5) is 0 Å². The van der Waals surface area contributed by atoms with Crippen molar-refractivity contribution in [2.24, 2.45) is 11.8 Å². The maximum absolute atomic E-state index is 12.8. The molecule has 0 radical (unpaired) electrons. The van der Waals surface area contributed by atoms with Crippen LogP contribution in [0.15, 0.2) is 22.8 Å². The van der Waals surface area contributed by atoms with Crippen LogP contribution >= 0.6 is 0 Å². The highest BCUT2D eigenvalue weighted by atomic mass is 16.3. The van der Waals surface area contributed by atoms with Gasteiger partial charge < -0.3 is 14.6 Å². The van der Waals surface area contributed by atoms with E-state index < -0.39 is 0 Å². The summed E-state index contributed by atoms with van der Waals surface area (Å²) >= 11 is 0. The van der Waals surface area contributed by atoms with E-state index in [2.05, 4.69) is 5.32 Å². The van der Waals surface area contributed by atoms with Crippen molar-refractivity contribution in [3.8, 4) is 0 Å². The molecule has 0 aromatic carbocycles. The van der Waals surface area contributed by atoms with Gasteiger partial charge in [-0.1, -0.05) is 19.3 Å². The van der Waals surface area contributed by atoms with Gasteiger partial charge in [-0.3, -0.25) is 9.59 Å². The molecule has 2 heterocycles. The highest BCUT2D eigenvalue weighted by Gasteiger charge is 2.48. The fraction of sp³-hybridized carbons (Fsp3) is 0.700. The summed E-state index contributed by atoms with van der Waals surface area (Å²) in [7, 11) is 0. The lowest BCUT2D eigenvalue weighted by molar-refractivity contribution is -0.137. The Morgan fingerprint density at radius 1 is 1.12 bits per heavy atom. The molecular weight excluding hydrogens is 316 g/mol. The van der Waals surface area contributed by atoms with Crippen LogP contribution in [0.2, 0.25) is 0 Å². The zero-order valence-corrected chi connectivity index (χ0v) is 14.8. The van der Waals surface area contributed by atoms with Crippen LogP contribution in [-0.2, 0) is 9.59 Å². The number of nitrogens with zero attached hydrogens (tertiary/aromatic N) is 1. The van der Waals surface area contributed by atoms with E-state index in [9.17, 15) is 9.59 Å². The predicted octanol–water partition coefficient (Wildman–Crippen LogP) is 3.07. The fourth-order valence-corrected chi connectivity index (χ4v) is 4.48. The van der Waals surface area contributed by atoms with Gasteiger partial charge in [-0.2, -0.15) is 0 Å². The first-order chi connectivity index (χ1) is 12.2. The molecule has 3 aliphatic rings. The van der Waals surface area contributed by atoms with Gasteiger partial charge in [0, 0.05) is 31.0 Å². The topological polar surface area (TPSA) is 62.6 Å². The van der Waals surface area contributed by atoms with Gasteiger partial charge in [-0.15, -0.1) is 0 Å². The predicted molar refractivity (Wildman–Crippen MR) is 93.9 cm³/mol. The molecule has 4 rings (SSSR count). The van der Waals surface area contributed by atoms with Crippen LogP contribution in [0.1, 0.15) is 63.0 Å². The normalized spacial score (nSPS) is 30.1. The van der Waals surface area contributed by atoms with Crippen molar-refractivity contribution >= 4 is 11.8 Å². The molecule has 5 heteroatoms. The number of furan rings is 1. The third-order valence-electron chi connectivity index (χ3n) is 6.07. The zero-order valence-electron chi connectivity index (χ0n) is 14.8. The maximum atomic E-state index is 12.8. The highest BCUT2D eigenvalue weighted by Crippen LogP contribution is 2.48. The Bertz CT molecular complexity index is 606. The molecule has 0 bridgehead atoms. The molecule has 25 heavy (non-hydrogen) atoms. The van der Waals surface area contributed by atoms with Gasteiger partial charge in [0.15, 0.2) is 0 Å². The van der Waals surface area contributed by atoms with Crippen molar-refractivity contribution in [1.29, 1.82) is 0 Å². The second kappa shape index (κ2) is 7.22. The summed E-state index contributed by atoms with van der Waals surface area (Å²) in [6.07, 6.45) is 10.3. The minimum Gasteiger partial charge on any atom is -0.469 e. The Balaban J connectivity index is 1.30. The standard InChI is InChI=1S/C20H28N2O3/c23-19(21-15-7-2-1-3-8-15)14-6-4-10-22(13-14)20(24)17-12-16(17)18-9-5-11-25-18/h5,9,11,14-17H,1-4,6-8,10,12-13H2,(H,21,23)/t14-,16-,17-/m1/s1. The third-order valence-corrected chi connectivity index (χ3v) is 6.07. The maximum Gasteiger partial charge on any atom is 0.226 e. The summed E-state index contributed by atoms with van der Waals surface area (Å²) in [6.45, 7) is 1.37. The van der Waals surface area contributed by atoms with E-state index in [1.54, 1.807) is 6.26 Å². The van der Waals surface area contributed by atoms with Gasteiger partial charge in [0.2, 0.25) is 11.8 Å². The molecule has 1 aromatic rings. The van der Waals surface area contributed by atoms with Crippen molar-refractivity contribution in [3.63, 3.8) is 0 Å². The van der Waals surface area contributed by atoms with Crippen molar-refractivity contribution in [2.45, 2.75) is 63.3 Å². The SMILES string of the molecule is O=C(NC1CCCCC1)[C@@H]1CCCN(C(=O)[C@@H]2C[C@H]2c2ccco2)C1. The Morgan fingerprint density at radius 3 is 2.72 bits per heavy atom. The number of hydrogen-bond donors (Lipinski definition) is 1. The smallest absolute Gasteiger partial charge is 0.226 e. The number of carbonyl (C=O) groups excluding carboxylic acids is 2. The minimum atomic E-state index is -0.0413. The highest BCUT2D eigenvalue weighted by molar-refractivity contribution is 5.84. The molecule has 2 amide bonds. The van der Waals surface area contributed by atoms with E-state index in [4.69, 9.17) is 4.42 Å². The van der Waals surface area contributed by atoms with Gasteiger partial charge in [0.25, 0.3) is 0 Å². The molecule has 1 N–H and O–H groups in total. The monoisotopic (exact) mass is 344 g/mol. The molecule has 5 nitrogen and oxygen atoms in total. The molecule has 2 saturated carbocycles. The molecule has 1 saturated heterocycles. The zero-order chi connectivity index (χ0) is 17.2. The van der Waals surface area contributed by atoms with E-state index in [0.29, 0.717) is 12.6 Å². The van der Waals surface area contributed by atoms with Gasteiger partial charge in [0.05, 0.1) is 12.2 Å². The van der Waals surface area contributed by atoms with Crippen LogP contribution in [0.3, 0.4) is 0 Å². The lowest BCUT2D eigenvalue weighted by Crippen LogP contribution is -2.48. The Hall–Kier alpha value is -1.78. The number of piperidine rings is 1. The van der Waals surface area contributed by atoms with Crippen molar-refractivity contribution < 1.29 is 14.0 Å². The summed E-state index contributed by atoms with van der Waals surface area (Å²) < 4.78 is 5.43. The first-order valence-corrected chi connectivity index (χ1v) is 9.85. The number of amides is 2. The third kappa shape index (κ3) is 3.75. The lowest BCUT2D eigenvalue weighted by Gasteiger charge is -2.33. The van der Waals surface area contributed by atoms with Crippen LogP contribution in [0.25, 0.3) is 0 Å². The number of rotatable bonds is 4. The largest absolute Gasteiger partial charge is 0.469 e. The lowest BCUT2D eigenvalue weighted by atomic mass is 9.93. The van der Waals surface area contributed by atoms with Gasteiger partial charge in [-0.25, -0.2) is 0 Å². The van der Waals surface area contributed by atoms with E-state index in [0.717, 1.165) is 44.4 Å². The van der Waals surface area contributed by atoms with Crippen molar-refractivity contribution in [1.82, 2.24) is 10.2 Å². The molecule has 136 valence electrons. The first-order valence-electron chi connectivity index (χ1n) is 9.85. The van der Waals surface area contributed by atoms with Crippen LogP contribution < -0.4 is 5.32 Å². The van der Waals surface area contributed by atoms with E-state index in [1.807, 2.05) is 17.0 Å². The van der Waals surface area contributed by atoms with Gasteiger partial charge in [0.1, 0.15) is 5.76 Å². The van der Waals surface area contributed by atoms with Gasteiger partial charge in [-0.05, 0) is 44.2 Å². The molecule has 1 aliphatic heterocycles. The van der Waals surface area contributed by atoms with E-state index >= 15 is 0 Å². The first kappa shape index (κ1) is 16.7. The summed E-state index contributed by atoms with van der Waals surface area (Å²) in [6, 6.07) is 4.18. The van der Waals surface area contributed by atoms with E-state index in [-0.39, 0.29) is 29.6 Å². The van der Waals surface area contributed by atoms with Crippen LogP contribution in [0, 0.1) is 11.8 Å². The number of nitrogens with one attached hydrogen (secondary N) is 1. The summed E-state index contributed by atoms with van der Waals surface area (Å²) in [4.78, 5) is 27.3. The molecule has 1 aromatic heterocycles. The molecule has 0 unspecified atom stereocenters. The molecule has 3 fully saturated rings. The van der Waals surface area contributed by atoms with Crippen molar-refractivity contribution in [2.75, 3.05) is 13.1 Å². The number of likely N-dealkylation sites (tertiary alicyclic amines) is 1. The second-order valence-electron chi connectivity index (χ2n) is 7.93. The Kier molecular flexibility index (Phi) is 4.82. The Morgan fingerprint density at radius 2 is 1.96 bits per heavy atom.